The van der Waals surface area contributed by atoms with Crippen molar-refractivity contribution in [2.75, 3.05) is 10.6 Å². The molecule has 1 aliphatic heterocycles. The van der Waals surface area contributed by atoms with Crippen LogP contribution in [0.4, 0.5) is 17.1 Å². The highest BCUT2D eigenvalue weighted by molar-refractivity contribution is 6.35. The highest BCUT2D eigenvalue weighted by Crippen LogP contribution is 2.36. The molecule has 3 heterocycles. The predicted molar refractivity (Wildman–Crippen MR) is 132 cm³/mol. The van der Waals surface area contributed by atoms with Crippen LogP contribution in [-0.4, -0.2) is 21.0 Å². The van der Waals surface area contributed by atoms with Gasteiger partial charge in [0.1, 0.15) is 0 Å². The Morgan fingerprint density at radius 2 is 1.71 bits per heavy atom. The molecule has 3 N–H and O–H groups in total. The van der Waals surface area contributed by atoms with E-state index in [1.54, 1.807) is 0 Å². The van der Waals surface area contributed by atoms with Crippen LogP contribution in [0.5, 0.6) is 0 Å². The van der Waals surface area contributed by atoms with Crippen molar-refractivity contribution in [3.63, 3.8) is 0 Å². The molecule has 164 valence electrons. The zero-order valence-electron chi connectivity index (χ0n) is 17.9. The number of H-pyrrole nitrogens is 1. The first-order valence-corrected chi connectivity index (χ1v) is 10.8. The fourth-order valence-electron chi connectivity index (χ4n) is 3.95. The van der Waals surface area contributed by atoms with Gasteiger partial charge in [0.05, 0.1) is 11.3 Å². The van der Waals surface area contributed by atoms with Crippen LogP contribution in [0, 0.1) is 0 Å². The van der Waals surface area contributed by atoms with Crippen molar-refractivity contribution in [1.82, 2.24) is 15.1 Å². The largest absolute Gasteiger partial charge is 0.362 e. The van der Waals surface area contributed by atoms with E-state index in [0.29, 0.717) is 17.3 Å². The summed E-state index contributed by atoms with van der Waals surface area (Å²) in [5.74, 6) is 0.878. The van der Waals surface area contributed by atoms with Gasteiger partial charge in [-0.25, -0.2) is 0 Å². The first-order valence-electron chi connectivity index (χ1n) is 10.8. The van der Waals surface area contributed by atoms with Crippen molar-refractivity contribution in [2.45, 2.75) is 0 Å². The summed E-state index contributed by atoms with van der Waals surface area (Å²) in [6.45, 7) is 0. The third-order valence-corrected chi connectivity index (χ3v) is 5.58. The number of aromatic amines is 1. The molecule has 0 spiro atoms. The van der Waals surface area contributed by atoms with Gasteiger partial charge in [-0.1, -0.05) is 47.6 Å². The SMILES string of the molecule is O=C1Nc2cc(Nc3cccc(-c4nc(-c5ccccc5)no4)c3)ccc2/C1=C/c1ccc[nH]1. The second-order valence-electron chi connectivity index (χ2n) is 7.89. The quantitative estimate of drug-likeness (QED) is 0.290. The molecule has 0 atom stereocenters. The lowest BCUT2D eigenvalue weighted by molar-refractivity contribution is -0.110. The standard InChI is InChI=1S/C27H19N5O2/c33-26-23(15-19-10-5-13-28-19)22-12-11-21(16-24(22)30-26)29-20-9-4-8-18(14-20)27-31-25(32-34-27)17-6-2-1-3-7-17/h1-16,28-29H,(H,30,33)/b23-15-. The minimum Gasteiger partial charge on any atom is -0.362 e. The third kappa shape index (κ3) is 3.75. The normalized spacial score (nSPS) is 13.6. The number of rotatable bonds is 5. The van der Waals surface area contributed by atoms with E-state index in [4.69, 9.17) is 4.52 Å². The molecule has 0 bridgehead atoms. The van der Waals surface area contributed by atoms with Crippen LogP contribution in [0.1, 0.15) is 11.3 Å². The maximum absolute atomic E-state index is 12.5. The second kappa shape index (κ2) is 8.22. The van der Waals surface area contributed by atoms with Gasteiger partial charge in [0.25, 0.3) is 11.8 Å². The van der Waals surface area contributed by atoms with Gasteiger partial charge in [0.15, 0.2) is 0 Å². The summed E-state index contributed by atoms with van der Waals surface area (Å²) in [5.41, 5.74) is 6.59. The van der Waals surface area contributed by atoms with Crippen molar-refractivity contribution < 1.29 is 9.32 Å². The lowest BCUT2D eigenvalue weighted by atomic mass is 10.1. The molecule has 7 heteroatoms. The van der Waals surface area contributed by atoms with Gasteiger partial charge in [-0.05, 0) is 48.5 Å². The van der Waals surface area contributed by atoms with E-state index in [2.05, 4.69) is 25.8 Å². The molecular formula is C27H19N5O2. The predicted octanol–water partition coefficient (Wildman–Crippen LogP) is 5.97. The Balaban J connectivity index is 1.24. The smallest absolute Gasteiger partial charge is 0.258 e. The van der Waals surface area contributed by atoms with E-state index < -0.39 is 0 Å². The molecule has 0 radical (unpaired) electrons. The maximum Gasteiger partial charge on any atom is 0.258 e. The number of nitrogens with one attached hydrogen (secondary N) is 3. The van der Waals surface area contributed by atoms with Gasteiger partial charge in [0.2, 0.25) is 5.82 Å². The molecule has 2 aromatic heterocycles. The number of anilines is 3. The van der Waals surface area contributed by atoms with Crippen LogP contribution >= 0.6 is 0 Å². The average molecular weight is 445 g/mol. The van der Waals surface area contributed by atoms with Crippen molar-refractivity contribution >= 4 is 34.6 Å². The fraction of sp³-hybridized carbons (Fsp3) is 0. The molecule has 6 rings (SSSR count). The molecule has 34 heavy (non-hydrogen) atoms. The monoisotopic (exact) mass is 445 g/mol. The van der Waals surface area contributed by atoms with E-state index in [1.165, 1.54) is 0 Å². The summed E-state index contributed by atoms with van der Waals surface area (Å²) in [7, 11) is 0. The van der Waals surface area contributed by atoms with Crippen molar-refractivity contribution in [3.05, 3.63) is 102 Å². The first kappa shape index (κ1) is 19.8. The van der Waals surface area contributed by atoms with Gasteiger partial charge in [-0.3, -0.25) is 4.79 Å². The number of nitrogens with zero attached hydrogens (tertiary/aromatic N) is 2. The van der Waals surface area contributed by atoms with Crippen LogP contribution in [0.2, 0.25) is 0 Å². The van der Waals surface area contributed by atoms with Crippen LogP contribution < -0.4 is 10.6 Å². The summed E-state index contributed by atoms with van der Waals surface area (Å²) < 4.78 is 5.49. The zero-order valence-corrected chi connectivity index (χ0v) is 17.9. The molecule has 0 saturated heterocycles. The summed E-state index contributed by atoms with van der Waals surface area (Å²) >= 11 is 0. The van der Waals surface area contributed by atoms with Crippen molar-refractivity contribution in [2.24, 2.45) is 0 Å². The number of benzene rings is 3. The highest BCUT2D eigenvalue weighted by Gasteiger charge is 2.24. The molecule has 0 unspecified atom stereocenters. The Labute approximate surface area is 195 Å². The summed E-state index contributed by atoms with van der Waals surface area (Å²) in [6.07, 6.45) is 3.68. The number of aromatic nitrogens is 3. The Bertz CT molecular complexity index is 1520. The van der Waals surface area contributed by atoms with Crippen LogP contribution in [0.25, 0.3) is 34.5 Å². The minimum atomic E-state index is -0.116. The topological polar surface area (TPSA) is 95.8 Å². The molecule has 5 aromatic rings. The molecule has 0 saturated carbocycles. The number of carbonyl (C=O) groups excluding carboxylic acids is 1. The van der Waals surface area contributed by atoms with Gasteiger partial charge in [0, 0.05) is 40.0 Å². The van der Waals surface area contributed by atoms with Gasteiger partial charge in [-0.2, -0.15) is 4.98 Å². The van der Waals surface area contributed by atoms with Gasteiger partial charge in [-0.15, -0.1) is 0 Å². The van der Waals surface area contributed by atoms with E-state index in [1.807, 2.05) is 97.2 Å². The van der Waals surface area contributed by atoms with Crippen molar-refractivity contribution in [3.8, 4) is 22.8 Å². The third-order valence-electron chi connectivity index (χ3n) is 5.58. The minimum absolute atomic E-state index is 0.116. The van der Waals surface area contributed by atoms with Crippen molar-refractivity contribution in [1.29, 1.82) is 0 Å². The first-order chi connectivity index (χ1) is 16.7. The number of amides is 1. The maximum atomic E-state index is 12.5. The number of hydrogen-bond acceptors (Lipinski definition) is 5. The number of carbonyl (C=O) groups is 1. The average Bonchev–Trinajstić information content (AvgIpc) is 3.61. The molecule has 7 nitrogen and oxygen atoms in total. The zero-order chi connectivity index (χ0) is 22.9. The van der Waals surface area contributed by atoms with Crippen LogP contribution in [-0.2, 0) is 4.79 Å². The molecular weight excluding hydrogens is 426 g/mol. The summed E-state index contributed by atoms with van der Waals surface area (Å²) in [5, 5.41) is 10.4. The van der Waals surface area contributed by atoms with E-state index in [-0.39, 0.29) is 5.91 Å². The van der Waals surface area contributed by atoms with E-state index in [9.17, 15) is 4.79 Å². The van der Waals surface area contributed by atoms with E-state index >= 15 is 0 Å². The summed E-state index contributed by atoms with van der Waals surface area (Å²) in [4.78, 5) is 20.1. The van der Waals surface area contributed by atoms with Crippen LogP contribution in [0.15, 0.2) is 95.6 Å². The van der Waals surface area contributed by atoms with Gasteiger partial charge < -0.3 is 20.1 Å². The molecule has 1 amide bonds. The summed E-state index contributed by atoms with van der Waals surface area (Å²) in [6, 6.07) is 27.1. The van der Waals surface area contributed by atoms with Crippen LogP contribution in [0.3, 0.4) is 0 Å². The lowest BCUT2D eigenvalue weighted by Crippen LogP contribution is -2.03. The highest BCUT2D eigenvalue weighted by atomic mass is 16.5. The second-order valence-corrected chi connectivity index (χ2v) is 7.89. The number of fused-ring (bicyclic) bond motifs is 1. The Kier molecular flexibility index (Phi) is 4.77. The Hall–Kier alpha value is -4.91. The fourth-order valence-corrected chi connectivity index (χ4v) is 3.95. The molecule has 3 aromatic carbocycles. The Morgan fingerprint density at radius 3 is 2.56 bits per heavy atom. The van der Waals surface area contributed by atoms with E-state index in [0.717, 1.165) is 39.4 Å². The van der Waals surface area contributed by atoms with Gasteiger partial charge >= 0.3 is 0 Å². The molecule has 1 aliphatic rings. The molecule has 0 fully saturated rings. The molecule has 0 aliphatic carbocycles. The lowest BCUT2D eigenvalue weighted by Gasteiger charge is -2.09. The Morgan fingerprint density at radius 1 is 0.853 bits per heavy atom. The number of hydrogen-bond donors (Lipinski definition) is 3.